The van der Waals surface area contributed by atoms with Crippen LogP contribution >= 0.6 is 11.3 Å². The van der Waals surface area contributed by atoms with E-state index in [4.69, 9.17) is 0 Å². The average Bonchev–Trinajstić information content (AvgIpc) is 3.23. The third-order valence-corrected chi connectivity index (χ3v) is 5.85. The fourth-order valence-electron chi connectivity index (χ4n) is 3.49. The SMILES string of the molecule is CNc1nc(CN2CCCN(CC3CC3)[C@H](C(C)C)C2)cs1. The van der Waals surface area contributed by atoms with Crippen LogP contribution < -0.4 is 5.32 Å². The van der Waals surface area contributed by atoms with Gasteiger partial charge in [0.15, 0.2) is 5.13 Å². The van der Waals surface area contributed by atoms with Crippen molar-refractivity contribution in [3.8, 4) is 0 Å². The Morgan fingerprint density at radius 2 is 2.18 bits per heavy atom. The summed E-state index contributed by atoms with van der Waals surface area (Å²) in [7, 11) is 1.94. The van der Waals surface area contributed by atoms with E-state index in [-0.39, 0.29) is 0 Å². The molecule has 1 saturated heterocycles. The highest BCUT2D eigenvalue weighted by Gasteiger charge is 2.32. The Balaban J connectivity index is 1.62. The molecule has 1 aliphatic heterocycles. The molecule has 124 valence electrons. The van der Waals surface area contributed by atoms with E-state index in [0.29, 0.717) is 6.04 Å². The maximum atomic E-state index is 4.65. The Morgan fingerprint density at radius 3 is 2.82 bits per heavy atom. The highest BCUT2D eigenvalue weighted by molar-refractivity contribution is 7.13. The van der Waals surface area contributed by atoms with E-state index >= 15 is 0 Å². The van der Waals surface area contributed by atoms with Gasteiger partial charge in [-0.05, 0) is 44.2 Å². The predicted molar refractivity (Wildman–Crippen MR) is 94.5 cm³/mol. The lowest BCUT2D eigenvalue weighted by Gasteiger charge is -2.34. The molecule has 4 nitrogen and oxygen atoms in total. The molecule has 2 aliphatic rings. The molecule has 0 radical (unpaired) electrons. The zero-order valence-corrected chi connectivity index (χ0v) is 15.0. The molecule has 5 heteroatoms. The van der Waals surface area contributed by atoms with Gasteiger partial charge in [-0.25, -0.2) is 4.98 Å². The van der Waals surface area contributed by atoms with Crippen LogP contribution in [0.1, 0.15) is 38.8 Å². The number of anilines is 1. The highest BCUT2D eigenvalue weighted by Crippen LogP contribution is 2.32. The summed E-state index contributed by atoms with van der Waals surface area (Å²) in [6.07, 6.45) is 4.20. The smallest absolute Gasteiger partial charge is 0.182 e. The van der Waals surface area contributed by atoms with Gasteiger partial charge in [-0.2, -0.15) is 0 Å². The van der Waals surface area contributed by atoms with E-state index in [0.717, 1.165) is 23.5 Å². The van der Waals surface area contributed by atoms with Gasteiger partial charge in [0.2, 0.25) is 0 Å². The molecule has 0 bridgehead atoms. The van der Waals surface area contributed by atoms with Gasteiger partial charge in [0.05, 0.1) is 5.69 Å². The number of hydrogen-bond donors (Lipinski definition) is 1. The summed E-state index contributed by atoms with van der Waals surface area (Å²) >= 11 is 1.71. The molecular weight excluding hydrogens is 292 g/mol. The van der Waals surface area contributed by atoms with Crippen LogP contribution in [0.4, 0.5) is 5.13 Å². The van der Waals surface area contributed by atoms with Gasteiger partial charge in [-0.1, -0.05) is 13.8 Å². The maximum absolute atomic E-state index is 4.65. The van der Waals surface area contributed by atoms with Crippen molar-refractivity contribution in [2.75, 3.05) is 38.5 Å². The van der Waals surface area contributed by atoms with Gasteiger partial charge >= 0.3 is 0 Å². The van der Waals surface area contributed by atoms with Crippen molar-refractivity contribution < 1.29 is 0 Å². The second-order valence-electron chi connectivity index (χ2n) is 7.23. The van der Waals surface area contributed by atoms with E-state index < -0.39 is 0 Å². The quantitative estimate of drug-likeness (QED) is 0.872. The Labute approximate surface area is 138 Å². The van der Waals surface area contributed by atoms with Crippen molar-refractivity contribution in [3.63, 3.8) is 0 Å². The molecule has 1 saturated carbocycles. The topological polar surface area (TPSA) is 31.4 Å². The van der Waals surface area contributed by atoms with E-state index in [1.807, 2.05) is 7.05 Å². The Bertz CT molecular complexity index is 469. The molecule has 1 aliphatic carbocycles. The van der Waals surface area contributed by atoms with Crippen LogP contribution in [0.25, 0.3) is 0 Å². The summed E-state index contributed by atoms with van der Waals surface area (Å²) in [5, 5.41) is 6.37. The van der Waals surface area contributed by atoms with Crippen molar-refractivity contribution in [1.29, 1.82) is 0 Å². The van der Waals surface area contributed by atoms with E-state index in [1.165, 1.54) is 51.1 Å². The summed E-state index contributed by atoms with van der Waals surface area (Å²) < 4.78 is 0. The first-order valence-electron chi connectivity index (χ1n) is 8.74. The molecule has 0 unspecified atom stereocenters. The van der Waals surface area contributed by atoms with E-state index in [2.05, 4.69) is 39.3 Å². The van der Waals surface area contributed by atoms with Gasteiger partial charge in [0, 0.05) is 38.1 Å². The Kier molecular flexibility index (Phi) is 5.37. The number of rotatable bonds is 6. The van der Waals surface area contributed by atoms with Crippen molar-refractivity contribution in [3.05, 3.63) is 11.1 Å². The number of aromatic nitrogens is 1. The first-order chi connectivity index (χ1) is 10.7. The number of thiazole rings is 1. The fourth-order valence-corrected chi connectivity index (χ4v) is 4.16. The van der Waals surface area contributed by atoms with Crippen LogP contribution in [0.2, 0.25) is 0 Å². The van der Waals surface area contributed by atoms with Gasteiger partial charge in [-0.3, -0.25) is 9.80 Å². The van der Waals surface area contributed by atoms with E-state index in [9.17, 15) is 0 Å². The van der Waals surface area contributed by atoms with Crippen LogP contribution in [0, 0.1) is 11.8 Å². The minimum absolute atomic E-state index is 0.700. The molecule has 1 atom stereocenters. The number of nitrogens with zero attached hydrogens (tertiary/aromatic N) is 3. The van der Waals surface area contributed by atoms with Crippen LogP contribution in [0.15, 0.2) is 5.38 Å². The molecule has 0 amide bonds. The minimum atomic E-state index is 0.700. The Hall–Kier alpha value is -0.650. The van der Waals surface area contributed by atoms with Gasteiger partial charge in [-0.15, -0.1) is 11.3 Å². The van der Waals surface area contributed by atoms with Gasteiger partial charge in [0.1, 0.15) is 0 Å². The minimum Gasteiger partial charge on any atom is -0.365 e. The van der Waals surface area contributed by atoms with Crippen molar-refractivity contribution in [1.82, 2.24) is 14.8 Å². The monoisotopic (exact) mass is 322 g/mol. The largest absolute Gasteiger partial charge is 0.365 e. The number of nitrogens with one attached hydrogen (secondary N) is 1. The molecular formula is C17H30N4S. The molecule has 1 aromatic heterocycles. The molecule has 22 heavy (non-hydrogen) atoms. The first-order valence-corrected chi connectivity index (χ1v) is 9.62. The normalized spacial score (nSPS) is 24.6. The molecule has 2 heterocycles. The second-order valence-corrected chi connectivity index (χ2v) is 8.09. The summed E-state index contributed by atoms with van der Waals surface area (Å²) in [4.78, 5) is 10.1. The molecule has 1 N–H and O–H groups in total. The zero-order valence-electron chi connectivity index (χ0n) is 14.2. The highest BCUT2D eigenvalue weighted by atomic mass is 32.1. The first kappa shape index (κ1) is 16.2. The third-order valence-electron chi connectivity index (χ3n) is 4.94. The van der Waals surface area contributed by atoms with Crippen molar-refractivity contribution in [2.45, 2.75) is 45.7 Å². The van der Waals surface area contributed by atoms with Gasteiger partial charge in [0.25, 0.3) is 0 Å². The zero-order chi connectivity index (χ0) is 15.5. The third kappa shape index (κ3) is 4.21. The molecule has 0 spiro atoms. The van der Waals surface area contributed by atoms with Gasteiger partial charge < -0.3 is 5.32 Å². The van der Waals surface area contributed by atoms with Crippen LogP contribution in [0.5, 0.6) is 0 Å². The lowest BCUT2D eigenvalue weighted by atomic mass is 10.0. The lowest BCUT2D eigenvalue weighted by molar-refractivity contribution is 0.131. The van der Waals surface area contributed by atoms with Crippen molar-refractivity contribution in [2.24, 2.45) is 11.8 Å². The fraction of sp³-hybridized carbons (Fsp3) is 0.824. The van der Waals surface area contributed by atoms with Crippen LogP contribution in [-0.4, -0.2) is 54.1 Å². The molecule has 3 rings (SSSR count). The summed E-state index contributed by atoms with van der Waals surface area (Å²) in [5.74, 6) is 1.71. The average molecular weight is 323 g/mol. The van der Waals surface area contributed by atoms with Crippen LogP contribution in [0.3, 0.4) is 0 Å². The van der Waals surface area contributed by atoms with Crippen LogP contribution in [-0.2, 0) is 6.54 Å². The van der Waals surface area contributed by atoms with Crippen molar-refractivity contribution >= 4 is 16.5 Å². The summed E-state index contributed by atoms with van der Waals surface area (Å²) in [6, 6.07) is 0.700. The lowest BCUT2D eigenvalue weighted by Crippen LogP contribution is -2.45. The number of hydrogen-bond acceptors (Lipinski definition) is 5. The second kappa shape index (κ2) is 7.28. The molecule has 2 fully saturated rings. The summed E-state index contributed by atoms with van der Waals surface area (Å²) in [6.45, 7) is 10.8. The standard InChI is InChI=1S/C17H30N4S/c1-13(2)16-11-20(10-15-12-22-17(18-3)19-15)7-4-8-21(16)9-14-5-6-14/h12-14,16H,4-11H2,1-3H3,(H,18,19)/t16-/m0/s1. The van der Waals surface area contributed by atoms with E-state index in [1.54, 1.807) is 11.3 Å². The predicted octanol–water partition coefficient (Wildman–Crippen LogP) is 3.13. The Morgan fingerprint density at radius 1 is 1.36 bits per heavy atom. The molecule has 1 aromatic rings. The maximum Gasteiger partial charge on any atom is 0.182 e. The molecule has 0 aromatic carbocycles. The summed E-state index contributed by atoms with van der Waals surface area (Å²) in [5.41, 5.74) is 1.22.